The Morgan fingerprint density at radius 2 is 1.95 bits per heavy atom. The van der Waals surface area contributed by atoms with Crippen molar-refractivity contribution in [1.29, 1.82) is 5.26 Å². The Morgan fingerprint density at radius 3 is 2.75 bits per heavy atom. The molecule has 2 N–H and O–H groups in total. The van der Waals surface area contributed by atoms with Gasteiger partial charge in [0.2, 0.25) is 5.88 Å². The van der Waals surface area contributed by atoms with Gasteiger partial charge in [0.15, 0.2) is 0 Å². The lowest BCUT2D eigenvalue weighted by Crippen LogP contribution is -2.51. The molecule has 0 spiro atoms. The van der Waals surface area contributed by atoms with E-state index in [0.717, 1.165) is 32.2 Å². The quantitative estimate of drug-likeness (QED) is 0.272. The molecule has 2 unspecified atom stereocenters. The topological polar surface area (TPSA) is 84.7 Å². The molecule has 44 heavy (non-hydrogen) atoms. The minimum Gasteiger partial charge on any atom is -0.508 e. The number of nitrogens with one attached hydrogen (secondary N) is 1. The van der Waals surface area contributed by atoms with Gasteiger partial charge in [0.05, 0.1) is 17.2 Å². The monoisotopic (exact) mass is 615 g/mol. The van der Waals surface area contributed by atoms with Gasteiger partial charge in [-0.15, -0.1) is 0 Å². The number of fused-ring (bicyclic) bond motifs is 5. The second kappa shape index (κ2) is 10.4. The van der Waals surface area contributed by atoms with E-state index in [1.54, 1.807) is 36.4 Å². The average Bonchev–Trinajstić information content (AvgIpc) is 3.65. The molecule has 4 aliphatic heterocycles. The van der Waals surface area contributed by atoms with Crippen LogP contribution >= 0.6 is 11.6 Å². The van der Waals surface area contributed by atoms with Crippen molar-refractivity contribution in [3.05, 3.63) is 58.9 Å². The number of hydrogen-bond acceptors (Lipinski definition) is 7. The third-order valence-corrected chi connectivity index (χ3v) is 10.4. The van der Waals surface area contributed by atoms with Gasteiger partial charge in [0.1, 0.15) is 30.2 Å². The summed E-state index contributed by atoms with van der Waals surface area (Å²) in [6.07, 6.45) is 3.50. The van der Waals surface area contributed by atoms with Crippen molar-refractivity contribution < 1.29 is 18.6 Å². The molecule has 7 nitrogen and oxygen atoms in total. The number of alkyl halides is 1. The second-order valence-corrected chi connectivity index (χ2v) is 13.2. The van der Waals surface area contributed by atoms with E-state index in [4.69, 9.17) is 21.3 Å². The van der Waals surface area contributed by atoms with Crippen LogP contribution in [0.25, 0.3) is 32.7 Å². The number of hydrogen-bond donors (Lipinski definition) is 2. The lowest BCUT2D eigenvalue weighted by Gasteiger charge is -2.35. The number of rotatable bonds is 5. The summed E-state index contributed by atoms with van der Waals surface area (Å²) in [5.41, 5.74) is 0.143. The summed E-state index contributed by atoms with van der Waals surface area (Å²) in [7, 11) is 0. The number of nitrogens with zero attached hydrogens (tertiary/aromatic N) is 4. The van der Waals surface area contributed by atoms with Gasteiger partial charge in [0, 0.05) is 70.9 Å². The molecule has 0 saturated carbocycles. The number of aromatic nitrogens is 1. The van der Waals surface area contributed by atoms with E-state index in [-0.39, 0.29) is 40.3 Å². The second-order valence-electron chi connectivity index (χ2n) is 12.8. The van der Waals surface area contributed by atoms with Gasteiger partial charge in [-0.1, -0.05) is 23.7 Å². The Labute approximate surface area is 259 Å². The molecule has 226 valence electrons. The number of anilines is 1. The smallest absolute Gasteiger partial charge is 0.215 e. The maximum absolute atomic E-state index is 17.0. The minimum absolute atomic E-state index is 0.0583. The fraction of sp³-hybridized carbons (Fsp3) is 0.412. The highest BCUT2D eigenvalue weighted by Gasteiger charge is 2.49. The lowest BCUT2D eigenvalue weighted by molar-refractivity contribution is 0.111. The molecule has 4 fully saturated rings. The predicted octanol–water partition coefficient (Wildman–Crippen LogP) is 6.32. The Balaban J connectivity index is 1.31. The van der Waals surface area contributed by atoms with Crippen molar-refractivity contribution in [2.45, 2.75) is 55.9 Å². The van der Waals surface area contributed by atoms with Crippen molar-refractivity contribution in [3.63, 3.8) is 0 Å². The molecule has 5 heterocycles. The van der Waals surface area contributed by atoms with Crippen LogP contribution in [0.3, 0.4) is 0 Å². The molecule has 1 aromatic heterocycles. The molecule has 0 radical (unpaired) electrons. The molecule has 2 bridgehead atoms. The van der Waals surface area contributed by atoms with Gasteiger partial charge in [-0.3, -0.25) is 4.90 Å². The number of ether oxygens (including phenoxy) is 1. The summed E-state index contributed by atoms with van der Waals surface area (Å²) < 4.78 is 37.9. The minimum atomic E-state index is -0.885. The van der Waals surface area contributed by atoms with Crippen LogP contribution in [0.4, 0.5) is 14.6 Å². The summed E-state index contributed by atoms with van der Waals surface area (Å²) in [5, 5.41) is 26.9. The number of phenols is 1. The summed E-state index contributed by atoms with van der Waals surface area (Å²) >= 11 is 6.61. The van der Waals surface area contributed by atoms with Crippen LogP contribution in [0, 0.1) is 17.1 Å². The zero-order valence-electron chi connectivity index (χ0n) is 24.1. The molecule has 4 aliphatic rings. The Bertz CT molecular complexity index is 1850. The largest absolute Gasteiger partial charge is 0.508 e. The molecular formula is C34H32ClF2N5O2. The number of benzene rings is 3. The van der Waals surface area contributed by atoms with Crippen molar-refractivity contribution in [2.24, 2.45) is 0 Å². The van der Waals surface area contributed by atoms with Crippen LogP contribution in [0.1, 0.15) is 37.7 Å². The Kier molecular flexibility index (Phi) is 6.60. The van der Waals surface area contributed by atoms with Crippen LogP contribution in [-0.2, 0) is 0 Å². The number of aromatic hydroxyl groups is 1. The normalized spacial score (nSPS) is 26.4. The van der Waals surface area contributed by atoms with Gasteiger partial charge >= 0.3 is 0 Å². The van der Waals surface area contributed by atoms with Gasteiger partial charge in [-0.25, -0.2) is 8.78 Å². The van der Waals surface area contributed by atoms with Gasteiger partial charge in [0.25, 0.3) is 0 Å². The maximum Gasteiger partial charge on any atom is 0.215 e. The first-order valence-electron chi connectivity index (χ1n) is 15.3. The average molecular weight is 616 g/mol. The van der Waals surface area contributed by atoms with E-state index in [9.17, 15) is 14.8 Å². The molecular weight excluding hydrogens is 584 g/mol. The molecule has 0 amide bonds. The van der Waals surface area contributed by atoms with Gasteiger partial charge in [-0.05, 0) is 67.4 Å². The number of nitriles is 1. The highest BCUT2D eigenvalue weighted by atomic mass is 35.5. The Hall–Kier alpha value is -3.71. The summed E-state index contributed by atoms with van der Waals surface area (Å²) in [4.78, 5) is 9.29. The fourth-order valence-electron chi connectivity index (χ4n) is 8.17. The predicted molar refractivity (Wildman–Crippen MR) is 167 cm³/mol. The highest BCUT2D eigenvalue weighted by Crippen LogP contribution is 2.44. The summed E-state index contributed by atoms with van der Waals surface area (Å²) in [5.74, 6) is 0.183. The van der Waals surface area contributed by atoms with E-state index >= 15 is 4.39 Å². The van der Waals surface area contributed by atoms with Crippen LogP contribution in [-0.4, -0.2) is 71.6 Å². The van der Waals surface area contributed by atoms with Crippen LogP contribution in [0.5, 0.6) is 11.6 Å². The molecule has 4 atom stereocenters. The molecule has 8 rings (SSSR count). The molecule has 10 heteroatoms. The van der Waals surface area contributed by atoms with E-state index in [2.05, 4.69) is 21.2 Å². The third kappa shape index (κ3) is 4.46. The Morgan fingerprint density at radius 1 is 1.14 bits per heavy atom. The summed E-state index contributed by atoms with van der Waals surface area (Å²) in [6.45, 7) is 2.95. The SMILES string of the molecule is N#Cc1cc2c(N3CC4CCC(C3)N4)nc(OC[C@@]34CCCN3C[C@H](F)C4)cc2c(F)c1-c1cc(O)cc2cccc(Cl)c12. The van der Waals surface area contributed by atoms with E-state index < -0.39 is 12.0 Å². The first-order chi connectivity index (χ1) is 21.3. The van der Waals surface area contributed by atoms with E-state index in [1.165, 1.54) is 6.07 Å². The van der Waals surface area contributed by atoms with E-state index in [1.807, 2.05) is 0 Å². The zero-order valence-corrected chi connectivity index (χ0v) is 24.9. The fourth-order valence-corrected chi connectivity index (χ4v) is 8.45. The number of pyridine rings is 1. The lowest BCUT2D eigenvalue weighted by atomic mass is 9.91. The zero-order chi connectivity index (χ0) is 30.2. The van der Waals surface area contributed by atoms with Crippen molar-refractivity contribution in [1.82, 2.24) is 15.2 Å². The first kappa shape index (κ1) is 27.8. The third-order valence-electron chi connectivity index (χ3n) is 10.1. The van der Waals surface area contributed by atoms with Crippen LogP contribution in [0.2, 0.25) is 5.02 Å². The number of piperazine rings is 1. The molecule has 4 saturated heterocycles. The number of halogens is 3. The van der Waals surface area contributed by atoms with Crippen LogP contribution < -0.4 is 15.0 Å². The number of phenolic OH excluding ortho intramolecular Hbond substituents is 1. The van der Waals surface area contributed by atoms with Crippen molar-refractivity contribution in [3.8, 4) is 28.8 Å². The van der Waals surface area contributed by atoms with Gasteiger partial charge < -0.3 is 20.1 Å². The van der Waals surface area contributed by atoms with Gasteiger partial charge in [-0.2, -0.15) is 10.2 Å². The summed E-state index contributed by atoms with van der Waals surface area (Å²) in [6, 6.07) is 14.4. The first-order valence-corrected chi connectivity index (χ1v) is 15.7. The molecule has 3 aromatic carbocycles. The maximum atomic E-state index is 17.0. The van der Waals surface area contributed by atoms with Crippen molar-refractivity contribution in [2.75, 3.05) is 37.7 Å². The van der Waals surface area contributed by atoms with E-state index in [0.29, 0.717) is 70.7 Å². The van der Waals surface area contributed by atoms with Crippen molar-refractivity contribution >= 4 is 39.0 Å². The highest BCUT2D eigenvalue weighted by molar-refractivity contribution is 6.36. The van der Waals surface area contributed by atoms with Crippen LogP contribution in [0.15, 0.2) is 42.5 Å². The standard InChI is InChI=1S/C34H32ClF2N5O2/c35-28-4-1-3-19-9-24(43)11-27(30(19)28)31-20(14-38)10-26-25(32(31)37)12-29(40-33(26)41-16-22-5-6-23(17-41)39-22)44-18-34-7-2-8-42(34)15-21(36)13-34/h1,3-4,9-12,21-23,39,43H,2,5-8,13,15-18H2/t21-,22?,23?,34+/m1/s1. The molecule has 4 aromatic rings. The molecule has 0 aliphatic carbocycles.